The summed E-state index contributed by atoms with van der Waals surface area (Å²) in [4.78, 5) is 20.7. The zero-order valence-corrected chi connectivity index (χ0v) is 17.1. The SMILES string of the molecule is O=C(O)CNS(=O)(=O)c1ccc2c(c1)C(=NO)c1cc(S(=O)(=O)NCC(=O)O)ccc1-2. The minimum atomic E-state index is -4.17. The van der Waals surface area contributed by atoms with Gasteiger partial charge in [0.1, 0.15) is 18.8 Å². The highest BCUT2D eigenvalue weighted by Gasteiger charge is 2.30. The van der Waals surface area contributed by atoms with Crippen LogP contribution in [0, 0.1) is 0 Å². The van der Waals surface area contributed by atoms with Crippen LogP contribution in [0.5, 0.6) is 0 Å². The molecule has 3 rings (SSSR count). The predicted molar refractivity (Wildman–Crippen MR) is 105 cm³/mol. The fourth-order valence-corrected chi connectivity index (χ4v) is 4.98. The molecule has 0 bridgehead atoms. The number of hydrogen-bond donors (Lipinski definition) is 5. The van der Waals surface area contributed by atoms with Crippen LogP contribution in [0.3, 0.4) is 0 Å². The Morgan fingerprint density at radius 3 is 1.45 bits per heavy atom. The van der Waals surface area contributed by atoms with E-state index in [1.54, 1.807) is 0 Å². The lowest BCUT2D eigenvalue weighted by Crippen LogP contribution is -2.29. The Kier molecular flexibility index (Phi) is 5.82. The summed E-state index contributed by atoms with van der Waals surface area (Å²) < 4.78 is 53.0. The highest BCUT2D eigenvalue weighted by molar-refractivity contribution is 7.89. The van der Waals surface area contributed by atoms with E-state index in [9.17, 15) is 31.6 Å². The van der Waals surface area contributed by atoms with Crippen molar-refractivity contribution in [2.24, 2.45) is 5.16 Å². The van der Waals surface area contributed by atoms with E-state index < -0.39 is 45.1 Å². The quantitative estimate of drug-likeness (QED) is 0.215. The van der Waals surface area contributed by atoms with Gasteiger partial charge in [0.15, 0.2) is 0 Å². The molecule has 0 aliphatic heterocycles. The second-order valence-electron chi connectivity index (χ2n) is 6.30. The van der Waals surface area contributed by atoms with Crippen molar-refractivity contribution in [1.29, 1.82) is 0 Å². The summed E-state index contributed by atoms with van der Waals surface area (Å²) in [7, 11) is -8.34. The fraction of sp³-hybridized carbons (Fsp3) is 0.118. The minimum Gasteiger partial charge on any atom is -0.480 e. The first-order valence-corrected chi connectivity index (χ1v) is 11.4. The molecule has 0 amide bonds. The van der Waals surface area contributed by atoms with E-state index in [1.807, 2.05) is 9.44 Å². The van der Waals surface area contributed by atoms with Gasteiger partial charge in [0.2, 0.25) is 20.0 Å². The molecule has 2 aromatic carbocycles. The number of carboxylic acid groups (broad SMARTS) is 2. The van der Waals surface area contributed by atoms with Gasteiger partial charge in [-0.25, -0.2) is 16.8 Å². The normalized spacial score (nSPS) is 12.8. The van der Waals surface area contributed by atoms with Gasteiger partial charge in [-0.15, -0.1) is 0 Å². The molecule has 164 valence electrons. The maximum absolute atomic E-state index is 12.3. The maximum atomic E-state index is 12.3. The average Bonchev–Trinajstić information content (AvgIpc) is 3.03. The molecular formula is C17H15N3O9S2. The summed E-state index contributed by atoms with van der Waals surface area (Å²) in [5, 5.41) is 30.0. The number of sulfonamides is 2. The van der Waals surface area contributed by atoms with E-state index in [4.69, 9.17) is 10.2 Å². The smallest absolute Gasteiger partial charge is 0.318 e. The van der Waals surface area contributed by atoms with Gasteiger partial charge in [-0.2, -0.15) is 9.44 Å². The summed E-state index contributed by atoms with van der Waals surface area (Å²) in [6.07, 6.45) is 0. The molecule has 31 heavy (non-hydrogen) atoms. The topological polar surface area (TPSA) is 200 Å². The molecule has 0 atom stereocenters. The number of nitrogens with one attached hydrogen (secondary N) is 2. The van der Waals surface area contributed by atoms with E-state index >= 15 is 0 Å². The van der Waals surface area contributed by atoms with Crippen molar-refractivity contribution in [3.05, 3.63) is 47.5 Å². The molecule has 0 spiro atoms. The molecule has 0 saturated heterocycles. The van der Waals surface area contributed by atoms with Crippen LogP contribution in [0.15, 0.2) is 51.3 Å². The first-order chi connectivity index (χ1) is 14.5. The highest BCUT2D eigenvalue weighted by atomic mass is 32.2. The number of aliphatic carboxylic acids is 2. The number of rotatable bonds is 8. The lowest BCUT2D eigenvalue weighted by molar-refractivity contribution is -0.136. The molecule has 0 fully saturated rings. The van der Waals surface area contributed by atoms with E-state index in [2.05, 4.69) is 5.16 Å². The summed E-state index contributed by atoms with van der Waals surface area (Å²) >= 11 is 0. The first-order valence-electron chi connectivity index (χ1n) is 8.40. The Morgan fingerprint density at radius 2 is 1.13 bits per heavy atom. The lowest BCUT2D eigenvalue weighted by atomic mass is 10.1. The molecular weight excluding hydrogens is 454 g/mol. The number of benzene rings is 2. The molecule has 5 N–H and O–H groups in total. The zero-order valence-electron chi connectivity index (χ0n) is 15.4. The fourth-order valence-electron chi connectivity index (χ4n) is 2.98. The summed E-state index contributed by atoms with van der Waals surface area (Å²) in [5.74, 6) is -2.75. The highest BCUT2D eigenvalue weighted by Crippen LogP contribution is 2.39. The van der Waals surface area contributed by atoms with Crippen LogP contribution in [0.2, 0.25) is 0 Å². The van der Waals surface area contributed by atoms with Gasteiger partial charge in [-0.1, -0.05) is 17.3 Å². The monoisotopic (exact) mass is 469 g/mol. The molecule has 12 nitrogen and oxygen atoms in total. The minimum absolute atomic E-state index is 0.101. The standard InChI is InChI=1S/C17H15N3O9S2/c21-15(22)7-18-30(26,27)9-1-3-11-12-4-2-10(31(28,29)19-8-16(23)24)6-14(12)17(20-25)13(11)5-9/h1-6,18-19,25H,7-8H2,(H,21,22)(H,23,24). The molecule has 0 radical (unpaired) electrons. The molecule has 0 heterocycles. The molecule has 14 heteroatoms. The van der Waals surface area contributed by atoms with E-state index in [0.29, 0.717) is 11.1 Å². The van der Waals surface area contributed by atoms with E-state index in [0.717, 1.165) is 0 Å². The zero-order chi connectivity index (χ0) is 23.0. The number of nitrogens with zero attached hydrogens (tertiary/aromatic N) is 1. The second kappa shape index (κ2) is 8.07. The van der Waals surface area contributed by atoms with Crippen LogP contribution in [-0.2, 0) is 29.6 Å². The van der Waals surface area contributed by atoms with Gasteiger partial charge in [0.25, 0.3) is 0 Å². The molecule has 1 aliphatic carbocycles. The summed E-state index contributed by atoms with van der Waals surface area (Å²) in [6.45, 7) is -1.66. The van der Waals surface area contributed by atoms with Gasteiger partial charge >= 0.3 is 11.9 Å². The second-order valence-corrected chi connectivity index (χ2v) is 9.83. The third-order valence-corrected chi connectivity index (χ3v) is 7.13. The summed E-state index contributed by atoms with van der Waals surface area (Å²) in [6, 6.07) is 7.63. The number of carboxylic acids is 2. The number of fused-ring (bicyclic) bond motifs is 3. The Hall–Kier alpha value is -3.33. The molecule has 1 aliphatic rings. The van der Waals surface area contributed by atoms with E-state index in [1.165, 1.54) is 36.4 Å². The van der Waals surface area contributed by atoms with Crippen molar-refractivity contribution in [2.45, 2.75) is 9.79 Å². The van der Waals surface area contributed by atoms with Gasteiger partial charge in [-0.05, 0) is 35.4 Å². The van der Waals surface area contributed by atoms with Crippen LogP contribution in [0.25, 0.3) is 11.1 Å². The van der Waals surface area contributed by atoms with Crippen LogP contribution >= 0.6 is 0 Å². The average molecular weight is 469 g/mol. The predicted octanol–water partition coefficient (Wildman–Crippen LogP) is -0.381. The van der Waals surface area contributed by atoms with Crippen molar-refractivity contribution in [3.63, 3.8) is 0 Å². The van der Waals surface area contributed by atoms with Crippen molar-refractivity contribution < 1.29 is 41.8 Å². The Morgan fingerprint density at radius 1 is 0.742 bits per heavy atom. The van der Waals surface area contributed by atoms with Crippen molar-refractivity contribution in [2.75, 3.05) is 13.1 Å². The van der Waals surface area contributed by atoms with Crippen LogP contribution in [0.1, 0.15) is 11.1 Å². The molecule has 0 unspecified atom stereocenters. The Labute approximate surface area is 175 Å². The van der Waals surface area contributed by atoms with Crippen molar-refractivity contribution in [3.8, 4) is 11.1 Å². The molecule has 0 saturated carbocycles. The third-order valence-electron chi connectivity index (χ3n) is 4.33. The van der Waals surface area contributed by atoms with Crippen molar-refractivity contribution >= 4 is 37.7 Å². The van der Waals surface area contributed by atoms with Gasteiger partial charge < -0.3 is 15.4 Å². The maximum Gasteiger partial charge on any atom is 0.318 e. The molecule has 2 aromatic rings. The van der Waals surface area contributed by atoms with E-state index in [-0.39, 0.29) is 26.6 Å². The third kappa shape index (κ3) is 4.41. The van der Waals surface area contributed by atoms with Gasteiger partial charge in [0.05, 0.1) is 9.79 Å². The first kappa shape index (κ1) is 22.4. The van der Waals surface area contributed by atoms with Crippen LogP contribution < -0.4 is 9.44 Å². The summed E-state index contributed by atoms with van der Waals surface area (Å²) in [5.41, 5.74) is 1.19. The largest absolute Gasteiger partial charge is 0.480 e. The lowest BCUT2D eigenvalue weighted by Gasteiger charge is -2.07. The van der Waals surface area contributed by atoms with Gasteiger partial charge in [-0.3, -0.25) is 9.59 Å². The van der Waals surface area contributed by atoms with Crippen molar-refractivity contribution in [1.82, 2.24) is 9.44 Å². The number of oxime groups is 1. The van der Waals surface area contributed by atoms with Crippen LogP contribution in [0.4, 0.5) is 0 Å². The Bertz CT molecular complexity index is 1230. The number of hydrogen-bond acceptors (Lipinski definition) is 8. The number of carbonyl (C=O) groups is 2. The van der Waals surface area contributed by atoms with Crippen LogP contribution in [-0.4, -0.2) is 63.0 Å². The molecule has 0 aromatic heterocycles. The Balaban J connectivity index is 2.03. The van der Waals surface area contributed by atoms with Gasteiger partial charge in [0, 0.05) is 11.1 Å².